The molecule has 2 aromatic rings. The normalized spacial score (nSPS) is 10.4. The Hall–Kier alpha value is -1.27. The van der Waals surface area contributed by atoms with Gasteiger partial charge in [-0.2, -0.15) is 0 Å². The highest BCUT2D eigenvalue weighted by Gasteiger charge is 2.01. The summed E-state index contributed by atoms with van der Waals surface area (Å²) in [7, 11) is 0. The molecule has 1 aromatic heterocycles. The van der Waals surface area contributed by atoms with E-state index < -0.39 is 0 Å². The molecule has 0 saturated carbocycles. The number of benzene rings is 1. The van der Waals surface area contributed by atoms with Gasteiger partial charge in [-0.25, -0.2) is 0 Å². The molecule has 0 atom stereocenters. The quantitative estimate of drug-likeness (QED) is 0.666. The Morgan fingerprint density at radius 1 is 1.41 bits per heavy atom. The number of hydrogen-bond donors (Lipinski definition) is 1. The molecule has 17 heavy (non-hydrogen) atoms. The molecule has 2 N–H and O–H groups in total. The summed E-state index contributed by atoms with van der Waals surface area (Å²) < 4.78 is 6.50. The maximum Gasteiger partial charge on any atom is 0.203 e. The molecule has 1 heterocycles. The Morgan fingerprint density at radius 2 is 2.29 bits per heavy atom. The van der Waals surface area contributed by atoms with Crippen molar-refractivity contribution in [1.82, 2.24) is 10.2 Å². The van der Waals surface area contributed by atoms with Crippen LogP contribution >= 0.6 is 23.1 Å². The molecular formula is C11H13N3OS2. The standard InChI is InChI=1S/C11H13N3OS2/c1-8-3-2-4-9(7-8)15-5-6-16-11-14-13-10(12)17-11/h2-4,7H,5-6H2,1H3,(H2,12,13). The molecule has 2 rings (SSSR count). The number of hydrogen-bond acceptors (Lipinski definition) is 6. The molecule has 1 aromatic carbocycles. The molecule has 0 radical (unpaired) electrons. The van der Waals surface area contributed by atoms with Gasteiger partial charge in [0.1, 0.15) is 5.75 Å². The highest BCUT2D eigenvalue weighted by molar-refractivity contribution is 8.01. The lowest BCUT2D eigenvalue weighted by Gasteiger charge is -2.05. The fraction of sp³-hybridized carbons (Fsp3) is 0.273. The average Bonchev–Trinajstić information content (AvgIpc) is 2.71. The fourth-order valence-corrected chi connectivity index (χ4v) is 2.80. The van der Waals surface area contributed by atoms with Gasteiger partial charge in [0.2, 0.25) is 5.13 Å². The number of rotatable bonds is 5. The van der Waals surface area contributed by atoms with E-state index in [2.05, 4.69) is 10.2 Å². The summed E-state index contributed by atoms with van der Waals surface area (Å²) in [6, 6.07) is 8.02. The molecule has 90 valence electrons. The van der Waals surface area contributed by atoms with Crippen LogP contribution in [0.1, 0.15) is 5.56 Å². The van der Waals surface area contributed by atoms with Crippen LogP contribution in [0.4, 0.5) is 5.13 Å². The number of ether oxygens (including phenoxy) is 1. The van der Waals surface area contributed by atoms with Gasteiger partial charge in [-0.3, -0.25) is 0 Å². The van der Waals surface area contributed by atoms with E-state index in [9.17, 15) is 0 Å². The van der Waals surface area contributed by atoms with Gasteiger partial charge in [-0.05, 0) is 24.6 Å². The lowest BCUT2D eigenvalue weighted by molar-refractivity contribution is 0.343. The van der Waals surface area contributed by atoms with Crippen molar-refractivity contribution >= 4 is 28.2 Å². The highest BCUT2D eigenvalue weighted by Crippen LogP contribution is 2.23. The summed E-state index contributed by atoms with van der Waals surface area (Å²) in [6.45, 7) is 2.69. The molecule has 0 spiro atoms. The van der Waals surface area contributed by atoms with Gasteiger partial charge in [-0.1, -0.05) is 35.2 Å². The Morgan fingerprint density at radius 3 is 3.00 bits per heavy atom. The van der Waals surface area contributed by atoms with E-state index in [4.69, 9.17) is 10.5 Å². The molecule has 6 heteroatoms. The van der Waals surface area contributed by atoms with Gasteiger partial charge >= 0.3 is 0 Å². The van der Waals surface area contributed by atoms with Crippen LogP contribution in [-0.4, -0.2) is 22.6 Å². The molecule has 0 saturated heterocycles. The van der Waals surface area contributed by atoms with E-state index in [1.54, 1.807) is 11.8 Å². The minimum atomic E-state index is 0.507. The summed E-state index contributed by atoms with van der Waals surface area (Å²) in [5.41, 5.74) is 6.69. The van der Waals surface area contributed by atoms with Gasteiger partial charge in [-0.15, -0.1) is 10.2 Å². The zero-order valence-corrected chi connectivity index (χ0v) is 11.1. The molecule has 0 aliphatic heterocycles. The molecule has 0 fully saturated rings. The van der Waals surface area contributed by atoms with Crippen molar-refractivity contribution in [2.24, 2.45) is 0 Å². The third-order valence-corrected chi connectivity index (χ3v) is 3.84. The van der Waals surface area contributed by atoms with E-state index in [0.29, 0.717) is 11.7 Å². The lowest BCUT2D eigenvalue weighted by Crippen LogP contribution is -1.99. The number of thioether (sulfide) groups is 1. The monoisotopic (exact) mass is 267 g/mol. The summed E-state index contributed by atoms with van der Waals surface area (Å²) in [5.74, 6) is 1.74. The van der Waals surface area contributed by atoms with Gasteiger partial charge < -0.3 is 10.5 Å². The molecule has 0 bridgehead atoms. The first kappa shape index (κ1) is 12.2. The van der Waals surface area contributed by atoms with Crippen LogP contribution in [0.5, 0.6) is 5.75 Å². The smallest absolute Gasteiger partial charge is 0.203 e. The first-order valence-corrected chi connectivity index (χ1v) is 6.95. The Labute approximate surface area is 108 Å². The predicted molar refractivity (Wildman–Crippen MR) is 71.7 cm³/mol. The fourth-order valence-electron chi connectivity index (χ4n) is 1.27. The summed E-state index contributed by atoms with van der Waals surface area (Å²) in [4.78, 5) is 0. The van der Waals surface area contributed by atoms with E-state index >= 15 is 0 Å². The van der Waals surface area contributed by atoms with Crippen LogP contribution in [0.25, 0.3) is 0 Å². The molecule has 0 aliphatic rings. The number of aryl methyl sites for hydroxylation is 1. The number of anilines is 1. The van der Waals surface area contributed by atoms with Crippen molar-refractivity contribution in [1.29, 1.82) is 0 Å². The maximum atomic E-state index is 5.62. The lowest BCUT2D eigenvalue weighted by atomic mass is 10.2. The predicted octanol–water partition coefficient (Wildman–Crippen LogP) is 2.60. The maximum absolute atomic E-state index is 5.62. The molecule has 0 amide bonds. The molecule has 0 aliphatic carbocycles. The second kappa shape index (κ2) is 5.88. The van der Waals surface area contributed by atoms with E-state index in [1.807, 2.05) is 31.2 Å². The zero-order chi connectivity index (χ0) is 12.1. The first-order chi connectivity index (χ1) is 8.24. The SMILES string of the molecule is Cc1cccc(OCCSc2nnc(N)s2)c1. The third kappa shape index (κ3) is 3.90. The van der Waals surface area contributed by atoms with Crippen LogP contribution in [0.2, 0.25) is 0 Å². The number of nitrogen functional groups attached to an aromatic ring is 1. The van der Waals surface area contributed by atoms with Crippen LogP contribution < -0.4 is 10.5 Å². The third-order valence-electron chi connectivity index (χ3n) is 1.99. The number of aromatic nitrogens is 2. The Bertz CT molecular complexity index is 487. The second-order valence-electron chi connectivity index (χ2n) is 3.42. The van der Waals surface area contributed by atoms with Crippen LogP contribution in [0.15, 0.2) is 28.6 Å². The van der Waals surface area contributed by atoms with Crippen LogP contribution in [-0.2, 0) is 0 Å². The number of nitrogens with zero attached hydrogens (tertiary/aromatic N) is 2. The van der Waals surface area contributed by atoms with Crippen LogP contribution in [0.3, 0.4) is 0 Å². The number of nitrogens with two attached hydrogens (primary N) is 1. The van der Waals surface area contributed by atoms with E-state index in [1.165, 1.54) is 16.9 Å². The van der Waals surface area contributed by atoms with Gasteiger partial charge in [0.25, 0.3) is 0 Å². The van der Waals surface area contributed by atoms with E-state index in [0.717, 1.165) is 15.8 Å². The molecule has 4 nitrogen and oxygen atoms in total. The van der Waals surface area contributed by atoms with Crippen molar-refractivity contribution in [2.45, 2.75) is 11.3 Å². The summed E-state index contributed by atoms with van der Waals surface area (Å²) >= 11 is 3.00. The minimum Gasteiger partial charge on any atom is -0.493 e. The second-order valence-corrected chi connectivity index (χ2v) is 5.77. The van der Waals surface area contributed by atoms with Crippen molar-refractivity contribution < 1.29 is 4.74 Å². The first-order valence-electron chi connectivity index (χ1n) is 5.15. The minimum absolute atomic E-state index is 0.507. The van der Waals surface area contributed by atoms with Crippen molar-refractivity contribution in [2.75, 3.05) is 18.1 Å². The van der Waals surface area contributed by atoms with Crippen LogP contribution in [0, 0.1) is 6.92 Å². The van der Waals surface area contributed by atoms with Gasteiger partial charge in [0.15, 0.2) is 4.34 Å². The average molecular weight is 267 g/mol. The Balaban J connectivity index is 1.73. The topological polar surface area (TPSA) is 61.0 Å². The summed E-state index contributed by atoms with van der Waals surface area (Å²) in [6.07, 6.45) is 0. The van der Waals surface area contributed by atoms with Crippen molar-refractivity contribution in [3.8, 4) is 5.75 Å². The largest absolute Gasteiger partial charge is 0.493 e. The highest BCUT2D eigenvalue weighted by atomic mass is 32.2. The zero-order valence-electron chi connectivity index (χ0n) is 9.42. The molecular weight excluding hydrogens is 254 g/mol. The van der Waals surface area contributed by atoms with Gasteiger partial charge in [0, 0.05) is 5.75 Å². The Kier molecular flexibility index (Phi) is 4.22. The summed E-state index contributed by atoms with van der Waals surface area (Å²) in [5, 5.41) is 8.18. The van der Waals surface area contributed by atoms with Crippen molar-refractivity contribution in [3.63, 3.8) is 0 Å². The molecule has 0 unspecified atom stereocenters. The van der Waals surface area contributed by atoms with Crippen molar-refractivity contribution in [3.05, 3.63) is 29.8 Å². The van der Waals surface area contributed by atoms with E-state index in [-0.39, 0.29) is 0 Å². The van der Waals surface area contributed by atoms with Gasteiger partial charge in [0.05, 0.1) is 6.61 Å².